The molecule has 0 spiro atoms. The van der Waals surface area contributed by atoms with E-state index in [1.54, 1.807) is 0 Å². The van der Waals surface area contributed by atoms with Crippen LogP contribution in [-0.2, 0) is 0 Å². The molecule has 14 heavy (non-hydrogen) atoms. The lowest BCUT2D eigenvalue weighted by Gasteiger charge is -1.89. The molecule has 0 atom stereocenters. The van der Waals surface area contributed by atoms with Crippen LogP contribution in [0.3, 0.4) is 0 Å². The summed E-state index contributed by atoms with van der Waals surface area (Å²) < 4.78 is 25.8. The molecule has 1 aromatic heterocycles. The molecule has 0 unspecified atom stereocenters. The van der Waals surface area contributed by atoms with Crippen molar-refractivity contribution in [2.45, 2.75) is 0 Å². The van der Waals surface area contributed by atoms with E-state index in [1.807, 2.05) is 0 Å². The molecule has 6 heteroatoms. The molecular formula is C8H3F2NO2S. The predicted molar refractivity (Wildman–Crippen MR) is 46.5 cm³/mol. The Morgan fingerprint density at radius 3 is 2.79 bits per heavy atom. The van der Waals surface area contributed by atoms with Gasteiger partial charge >= 0.3 is 5.97 Å². The lowest BCUT2D eigenvalue weighted by atomic mass is 10.3. The first-order valence-electron chi connectivity index (χ1n) is 3.57. The minimum Gasteiger partial charge on any atom is -0.476 e. The Kier molecular flexibility index (Phi) is 1.92. The Balaban J connectivity index is 2.76. The largest absolute Gasteiger partial charge is 0.476 e. The van der Waals surface area contributed by atoms with Crippen LogP contribution in [0.4, 0.5) is 8.78 Å². The van der Waals surface area contributed by atoms with Crippen molar-refractivity contribution in [2.24, 2.45) is 0 Å². The minimum absolute atomic E-state index is 0.0323. The van der Waals surface area contributed by atoms with E-state index in [-0.39, 0.29) is 15.2 Å². The third-order valence-electron chi connectivity index (χ3n) is 1.59. The zero-order valence-electron chi connectivity index (χ0n) is 6.62. The van der Waals surface area contributed by atoms with Gasteiger partial charge in [0.05, 0.1) is 10.2 Å². The summed E-state index contributed by atoms with van der Waals surface area (Å²) in [7, 11) is 0. The highest BCUT2D eigenvalue weighted by atomic mass is 32.1. The molecule has 0 saturated carbocycles. The summed E-state index contributed by atoms with van der Waals surface area (Å²) in [5.41, 5.74) is 0.0323. The van der Waals surface area contributed by atoms with Crippen LogP contribution >= 0.6 is 11.3 Å². The van der Waals surface area contributed by atoms with E-state index in [4.69, 9.17) is 5.11 Å². The Morgan fingerprint density at radius 2 is 2.14 bits per heavy atom. The predicted octanol–water partition coefficient (Wildman–Crippen LogP) is 2.27. The molecule has 2 rings (SSSR count). The summed E-state index contributed by atoms with van der Waals surface area (Å²) in [4.78, 5) is 14.1. The fraction of sp³-hybridized carbons (Fsp3) is 0. The van der Waals surface area contributed by atoms with Crippen LogP contribution in [0, 0.1) is 11.6 Å². The van der Waals surface area contributed by atoms with Crippen molar-refractivity contribution in [1.29, 1.82) is 0 Å². The van der Waals surface area contributed by atoms with Crippen LogP contribution in [0.5, 0.6) is 0 Å². The third-order valence-corrected chi connectivity index (χ3v) is 2.66. The molecule has 0 fully saturated rings. The molecule has 1 aromatic carbocycles. The number of nitrogens with zero attached hydrogens (tertiary/aromatic N) is 1. The van der Waals surface area contributed by atoms with Gasteiger partial charge < -0.3 is 5.11 Å². The molecule has 0 aliphatic carbocycles. The summed E-state index contributed by atoms with van der Waals surface area (Å²) in [6.07, 6.45) is 0. The van der Waals surface area contributed by atoms with Gasteiger partial charge in [-0.05, 0) is 0 Å². The van der Waals surface area contributed by atoms with Crippen LogP contribution in [0.2, 0.25) is 0 Å². The second-order valence-corrected chi connectivity index (χ2v) is 3.56. The van der Waals surface area contributed by atoms with Gasteiger partial charge in [-0.2, -0.15) is 0 Å². The summed E-state index contributed by atoms with van der Waals surface area (Å²) in [5, 5.41) is 8.33. The van der Waals surface area contributed by atoms with Crippen molar-refractivity contribution < 1.29 is 18.7 Å². The lowest BCUT2D eigenvalue weighted by Crippen LogP contribution is -1.93. The highest BCUT2D eigenvalue weighted by molar-refractivity contribution is 7.20. The van der Waals surface area contributed by atoms with Crippen molar-refractivity contribution >= 4 is 27.5 Å². The van der Waals surface area contributed by atoms with Gasteiger partial charge in [-0.3, -0.25) is 0 Å². The number of rotatable bonds is 1. The van der Waals surface area contributed by atoms with Crippen molar-refractivity contribution in [1.82, 2.24) is 4.98 Å². The SMILES string of the molecule is O=C(O)c1nc2cc(F)cc(F)c2s1. The average Bonchev–Trinajstić information content (AvgIpc) is 2.47. The molecule has 0 bridgehead atoms. The molecule has 0 aliphatic heterocycles. The van der Waals surface area contributed by atoms with Gasteiger partial charge in [0.1, 0.15) is 11.6 Å². The van der Waals surface area contributed by atoms with E-state index < -0.39 is 17.6 Å². The number of carboxylic acid groups (broad SMARTS) is 1. The van der Waals surface area contributed by atoms with Gasteiger partial charge in [0.15, 0.2) is 0 Å². The number of halogens is 2. The molecule has 0 saturated heterocycles. The third kappa shape index (κ3) is 1.33. The topological polar surface area (TPSA) is 50.2 Å². The Morgan fingerprint density at radius 1 is 1.43 bits per heavy atom. The van der Waals surface area contributed by atoms with Crippen molar-refractivity contribution in [2.75, 3.05) is 0 Å². The smallest absolute Gasteiger partial charge is 0.365 e. The number of thiazole rings is 1. The second kappa shape index (κ2) is 2.98. The summed E-state index contributed by atoms with van der Waals surface area (Å²) in [6.45, 7) is 0. The fourth-order valence-corrected chi connectivity index (χ4v) is 1.84. The zero-order valence-corrected chi connectivity index (χ0v) is 7.44. The van der Waals surface area contributed by atoms with E-state index in [0.717, 1.165) is 6.07 Å². The Hall–Kier alpha value is -1.56. The number of hydrogen-bond donors (Lipinski definition) is 1. The van der Waals surface area contributed by atoms with Crippen LogP contribution in [-0.4, -0.2) is 16.1 Å². The van der Waals surface area contributed by atoms with Gasteiger partial charge in [0.2, 0.25) is 5.01 Å². The number of benzene rings is 1. The molecule has 0 amide bonds. The van der Waals surface area contributed by atoms with Crippen LogP contribution in [0.1, 0.15) is 9.80 Å². The highest BCUT2D eigenvalue weighted by Crippen LogP contribution is 2.25. The van der Waals surface area contributed by atoms with Crippen LogP contribution < -0.4 is 0 Å². The molecule has 1 N–H and O–H groups in total. The fourth-order valence-electron chi connectivity index (χ4n) is 1.05. The van der Waals surface area contributed by atoms with Crippen LogP contribution in [0.15, 0.2) is 12.1 Å². The summed E-state index contributed by atoms with van der Waals surface area (Å²) in [6, 6.07) is 1.70. The summed E-state index contributed by atoms with van der Waals surface area (Å²) in [5.74, 6) is -2.80. The first-order valence-corrected chi connectivity index (χ1v) is 4.38. The molecule has 2 aromatic rings. The molecular weight excluding hydrogens is 212 g/mol. The number of aromatic carboxylic acids is 1. The van der Waals surface area contributed by atoms with Gasteiger partial charge in [0, 0.05) is 12.1 Å². The molecule has 0 radical (unpaired) electrons. The van der Waals surface area contributed by atoms with E-state index in [0.29, 0.717) is 17.4 Å². The molecule has 72 valence electrons. The Bertz CT molecular complexity index is 523. The number of fused-ring (bicyclic) bond motifs is 1. The van der Waals surface area contributed by atoms with Gasteiger partial charge in [-0.25, -0.2) is 18.6 Å². The van der Waals surface area contributed by atoms with E-state index in [2.05, 4.69) is 4.98 Å². The highest BCUT2D eigenvalue weighted by Gasteiger charge is 2.14. The van der Waals surface area contributed by atoms with E-state index in [1.165, 1.54) is 0 Å². The minimum atomic E-state index is -1.24. The number of carboxylic acids is 1. The standard InChI is InChI=1S/C8H3F2NO2S/c9-3-1-4(10)6-5(2-3)11-7(14-6)8(12)13/h1-2H,(H,12,13). The average molecular weight is 215 g/mol. The molecule has 0 aliphatic rings. The molecule has 1 heterocycles. The van der Waals surface area contributed by atoms with Gasteiger partial charge in [-0.1, -0.05) is 0 Å². The maximum Gasteiger partial charge on any atom is 0.365 e. The number of carbonyl (C=O) groups is 1. The monoisotopic (exact) mass is 215 g/mol. The second-order valence-electron chi connectivity index (χ2n) is 2.56. The Labute approximate surface area is 80.6 Å². The van der Waals surface area contributed by atoms with Gasteiger partial charge in [0.25, 0.3) is 0 Å². The summed E-state index contributed by atoms with van der Waals surface area (Å²) >= 11 is 0.688. The molecule has 3 nitrogen and oxygen atoms in total. The first-order chi connectivity index (χ1) is 6.58. The first kappa shape index (κ1) is 9.01. The number of aromatic nitrogens is 1. The van der Waals surface area contributed by atoms with Crippen LogP contribution in [0.25, 0.3) is 10.2 Å². The number of hydrogen-bond acceptors (Lipinski definition) is 3. The van der Waals surface area contributed by atoms with Crippen molar-refractivity contribution in [3.05, 3.63) is 28.8 Å². The quantitative estimate of drug-likeness (QED) is 0.793. The van der Waals surface area contributed by atoms with E-state index in [9.17, 15) is 13.6 Å². The maximum atomic E-state index is 13.1. The maximum absolute atomic E-state index is 13.1. The van der Waals surface area contributed by atoms with Gasteiger partial charge in [-0.15, -0.1) is 11.3 Å². The normalized spacial score (nSPS) is 10.7. The van der Waals surface area contributed by atoms with E-state index >= 15 is 0 Å². The lowest BCUT2D eigenvalue weighted by molar-refractivity contribution is 0.0696. The zero-order chi connectivity index (χ0) is 10.3. The van der Waals surface area contributed by atoms with Crippen molar-refractivity contribution in [3.8, 4) is 0 Å². The van der Waals surface area contributed by atoms with Crippen molar-refractivity contribution in [3.63, 3.8) is 0 Å².